The molecular formula is C14H19N5O. The van der Waals surface area contributed by atoms with Gasteiger partial charge in [0.25, 0.3) is 0 Å². The number of carbonyl (C=O) groups excluding carboxylic acids is 1. The average molecular weight is 273 g/mol. The highest BCUT2D eigenvalue weighted by Gasteiger charge is 2.32. The molecule has 0 spiro atoms. The molecular weight excluding hydrogens is 254 g/mol. The Labute approximate surface area is 119 Å². The van der Waals surface area contributed by atoms with Crippen molar-refractivity contribution in [3.05, 3.63) is 17.6 Å². The lowest BCUT2D eigenvalue weighted by Gasteiger charge is -2.39. The van der Waals surface area contributed by atoms with Crippen LogP contribution in [0.2, 0.25) is 0 Å². The Bertz CT molecular complexity index is 551. The number of nitrogens with zero attached hydrogens (tertiary/aromatic N) is 5. The number of hydrogen-bond acceptors (Lipinski definition) is 5. The Morgan fingerprint density at radius 2 is 2.15 bits per heavy atom. The first-order valence-electron chi connectivity index (χ1n) is 6.90. The van der Waals surface area contributed by atoms with Crippen molar-refractivity contribution in [2.24, 2.45) is 0 Å². The molecule has 106 valence electrons. The predicted octanol–water partition coefficient (Wildman–Crippen LogP) is 0.968. The van der Waals surface area contributed by atoms with Crippen LogP contribution in [0.15, 0.2) is 6.07 Å². The minimum Gasteiger partial charge on any atom is -0.343 e. The number of likely N-dealkylation sites (N-methyl/N-ethyl adjacent to an activating group) is 1. The zero-order valence-corrected chi connectivity index (χ0v) is 12.1. The second kappa shape index (κ2) is 5.87. The summed E-state index contributed by atoms with van der Waals surface area (Å²) in [7, 11) is 1.82. The van der Waals surface area contributed by atoms with Crippen LogP contribution in [0.25, 0.3) is 0 Å². The van der Waals surface area contributed by atoms with E-state index in [9.17, 15) is 4.79 Å². The van der Waals surface area contributed by atoms with Gasteiger partial charge in [-0.05, 0) is 6.42 Å². The molecule has 0 bridgehead atoms. The third-order valence-electron chi connectivity index (χ3n) is 3.58. The van der Waals surface area contributed by atoms with E-state index in [2.05, 4.69) is 16.0 Å². The molecule has 0 N–H and O–H groups in total. The van der Waals surface area contributed by atoms with E-state index in [4.69, 9.17) is 5.26 Å². The second-order valence-electron chi connectivity index (χ2n) is 4.87. The molecule has 1 unspecified atom stereocenters. The summed E-state index contributed by atoms with van der Waals surface area (Å²) in [6, 6.07) is 3.52. The van der Waals surface area contributed by atoms with Crippen molar-refractivity contribution in [1.82, 2.24) is 14.9 Å². The monoisotopic (exact) mass is 273 g/mol. The van der Waals surface area contributed by atoms with E-state index in [0.717, 1.165) is 13.0 Å². The molecule has 1 aromatic rings. The highest BCUT2D eigenvalue weighted by atomic mass is 16.2. The standard InChI is InChI=1S/C14H19N5O/c1-4-11-14(20)18(3)6-7-19(11)13-8-10(9-15)16-12(5-2)17-13/h8,11H,4-7H2,1-3H3. The van der Waals surface area contributed by atoms with E-state index in [1.54, 1.807) is 11.0 Å². The maximum Gasteiger partial charge on any atom is 0.245 e. The van der Waals surface area contributed by atoms with Crippen LogP contribution in [0, 0.1) is 11.3 Å². The van der Waals surface area contributed by atoms with Gasteiger partial charge in [0.1, 0.15) is 29.4 Å². The van der Waals surface area contributed by atoms with Crippen LogP contribution in [0.4, 0.5) is 5.82 Å². The Hall–Kier alpha value is -2.16. The lowest BCUT2D eigenvalue weighted by molar-refractivity contribution is -0.132. The molecule has 0 radical (unpaired) electrons. The number of aryl methyl sites for hydroxylation is 1. The highest BCUT2D eigenvalue weighted by molar-refractivity contribution is 5.86. The van der Waals surface area contributed by atoms with Crippen LogP contribution in [0.1, 0.15) is 31.8 Å². The van der Waals surface area contributed by atoms with Crippen molar-refractivity contribution in [2.75, 3.05) is 25.0 Å². The summed E-state index contributed by atoms with van der Waals surface area (Å²) in [5.41, 5.74) is 0.355. The van der Waals surface area contributed by atoms with Crippen LogP contribution >= 0.6 is 0 Å². The summed E-state index contributed by atoms with van der Waals surface area (Å²) in [4.78, 5) is 24.6. The molecule has 0 saturated carbocycles. The molecule has 1 aliphatic heterocycles. The number of carbonyl (C=O) groups is 1. The maximum atomic E-state index is 12.2. The van der Waals surface area contributed by atoms with Gasteiger partial charge >= 0.3 is 0 Å². The zero-order valence-electron chi connectivity index (χ0n) is 12.1. The number of anilines is 1. The molecule has 2 rings (SSSR count). The molecule has 1 aliphatic rings. The summed E-state index contributed by atoms with van der Waals surface area (Å²) in [6.45, 7) is 5.34. The first-order valence-corrected chi connectivity index (χ1v) is 6.90. The zero-order chi connectivity index (χ0) is 14.7. The summed E-state index contributed by atoms with van der Waals surface area (Å²) < 4.78 is 0. The first-order chi connectivity index (χ1) is 9.60. The molecule has 0 aliphatic carbocycles. The van der Waals surface area contributed by atoms with Gasteiger partial charge in [0, 0.05) is 32.6 Å². The number of piperazine rings is 1. The number of hydrogen-bond donors (Lipinski definition) is 0. The maximum absolute atomic E-state index is 12.2. The highest BCUT2D eigenvalue weighted by Crippen LogP contribution is 2.21. The Balaban J connectivity index is 2.39. The Morgan fingerprint density at radius 3 is 2.75 bits per heavy atom. The molecule has 20 heavy (non-hydrogen) atoms. The van der Waals surface area contributed by atoms with Crippen molar-refractivity contribution >= 4 is 11.7 Å². The van der Waals surface area contributed by atoms with Gasteiger partial charge in [-0.2, -0.15) is 5.26 Å². The van der Waals surface area contributed by atoms with E-state index in [0.29, 0.717) is 30.3 Å². The van der Waals surface area contributed by atoms with E-state index in [1.807, 2.05) is 25.8 Å². The van der Waals surface area contributed by atoms with Gasteiger partial charge in [0.15, 0.2) is 0 Å². The van der Waals surface area contributed by atoms with Gasteiger partial charge < -0.3 is 9.80 Å². The summed E-state index contributed by atoms with van der Waals surface area (Å²) in [5, 5.41) is 9.06. The molecule has 1 aromatic heterocycles. The van der Waals surface area contributed by atoms with Crippen molar-refractivity contribution < 1.29 is 4.79 Å². The van der Waals surface area contributed by atoms with Crippen molar-refractivity contribution in [1.29, 1.82) is 5.26 Å². The van der Waals surface area contributed by atoms with Crippen molar-refractivity contribution in [2.45, 2.75) is 32.7 Å². The van der Waals surface area contributed by atoms with Gasteiger partial charge in [0.2, 0.25) is 5.91 Å². The minimum atomic E-state index is -0.208. The smallest absolute Gasteiger partial charge is 0.245 e. The van der Waals surface area contributed by atoms with Crippen LogP contribution < -0.4 is 4.90 Å². The van der Waals surface area contributed by atoms with E-state index < -0.39 is 0 Å². The number of amides is 1. The quantitative estimate of drug-likeness (QED) is 0.820. The van der Waals surface area contributed by atoms with Gasteiger partial charge in [-0.1, -0.05) is 13.8 Å². The van der Waals surface area contributed by atoms with Crippen molar-refractivity contribution in [3.63, 3.8) is 0 Å². The van der Waals surface area contributed by atoms with Gasteiger partial charge in [-0.15, -0.1) is 0 Å². The largest absolute Gasteiger partial charge is 0.343 e. The van der Waals surface area contributed by atoms with Gasteiger partial charge in [-0.3, -0.25) is 4.79 Å². The first kappa shape index (κ1) is 14.3. The molecule has 1 saturated heterocycles. The van der Waals surface area contributed by atoms with Crippen LogP contribution in [0.5, 0.6) is 0 Å². The Kier molecular flexibility index (Phi) is 4.18. The minimum absolute atomic E-state index is 0.105. The van der Waals surface area contributed by atoms with E-state index >= 15 is 0 Å². The fourth-order valence-corrected chi connectivity index (χ4v) is 2.43. The number of nitriles is 1. The molecule has 6 heteroatoms. The average Bonchev–Trinajstić information content (AvgIpc) is 2.49. The summed E-state index contributed by atoms with van der Waals surface area (Å²) in [6.07, 6.45) is 1.39. The SMILES string of the molecule is CCc1nc(C#N)cc(N2CCN(C)C(=O)C2CC)n1. The Morgan fingerprint density at radius 1 is 1.40 bits per heavy atom. The van der Waals surface area contributed by atoms with Crippen molar-refractivity contribution in [3.8, 4) is 6.07 Å². The number of aromatic nitrogens is 2. The summed E-state index contributed by atoms with van der Waals surface area (Å²) in [5.74, 6) is 1.43. The molecule has 1 fully saturated rings. The lowest BCUT2D eigenvalue weighted by Crippen LogP contribution is -2.56. The van der Waals surface area contributed by atoms with Crippen LogP contribution in [-0.2, 0) is 11.2 Å². The molecule has 6 nitrogen and oxygen atoms in total. The second-order valence-corrected chi connectivity index (χ2v) is 4.87. The molecule has 1 atom stereocenters. The number of rotatable bonds is 3. The third-order valence-corrected chi connectivity index (χ3v) is 3.58. The predicted molar refractivity (Wildman–Crippen MR) is 75.2 cm³/mol. The summed E-state index contributed by atoms with van der Waals surface area (Å²) >= 11 is 0. The molecule has 1 amide bonds. The fraction of sp³-hybridized carbons (Fsp3) is 0.571. The van der Waals surface area contributed by atoms with Crippen LogP contribution in [-0.4, -0.2) is 47.0 Å². The van der Waals surface area contributed by atoms with E-state index in [-0.39, 0.29) is 11.9 Å². The van der Waals surface area contributed by atoms with Gasteiger partial charge in [-0.25, -0.2) is 9.97 Å². The van der Waals surface area contributed by atoms with E-state index in [1.165, 1.54) is 0 Å². The third kappa shape index (κ3) is 2.57. The fourth-order valence-electron chi connectivity index (χ4n) is 2.43. The van der Waals surface area contributed by atoms with Gasteiger partial charge in [0.05, 0.1) is 0 Å². The van der Waals surface area contributed by atoms with Crippen LogP contribution in [0.3, 0.4) is 0 Å². The topological polar surface area (TPSA) is 73.1 Å². The lowest BCUT2D eigenvalue weighted by atomic mass is 10.1. The molecule has 2 heterocycles. The normalized spacial score (nSPS) is 19.1. The molecule has 0 aromatic carbocycles.